The van der Waals surface area contributed by atoms with E-state index >= 15 is 0 Å². The number of nitrogens with one attached hydrogen (secondary N) is 1. The molecule has 0 spiro atoms. The van der Waals surface area contributed by atoms with Crippen LogP contribution in [0.15, 0.2) is 122 Å². The van der Waals surface area contributed by atoms with Crippen molar-refractivity contribution in [3.05, 3.63) is 127 Å². The highest BCUT2D eigenvalue weighted by Crippen LogP contribution is 2.29. The highest BCUT2D eigenvalue weighted by molar-refractivity contribution is 6.01. The molecule has 8 heteroatoms. The van der Waals surface area contributed by atoms with Crippen molar-refractivity contribution in [1.82, 2.24) is 0 Å². The first-order valence-electron chi connectivity index (χ1n) is 13.9. The van der Waals surface area contributed by atoms with Crippen LogP contribution in [0, 0.1) is 5.92 Å². The molecule has 220 valence electrons. The van der Waals surface area contributed by atoms with Gasteiger partial charge in [-0.25, -0.2) is 4.79 Å². The van der Waals surface area contributed by atoms with Gasteiger partial charge < -0.3 is 24.4 Å². The third-order valence-corrected chi connectivity index (χ3v) is 6.53. The summed E-state index contributed by atoms with van der Waals surface area (Å²) in [6, 6.07) is 31.6. The predicted molar refractivity (Wildman–Crippen MR) is 167 cm³/mol. The van der Waals surface area contributed by atoms with E-state index in [0.29, 0.717) is 22.7 Å². The Morgan fingerprint density at radius 1 is 0.767 bits per heavy atom. The van der Waals surface area contributed by atoms with E-state index in [1.54, 1.807) is 84.6 Å². The number of ether oxygens (including phenoxy) is 3. The van der Waals surface area contributed by atoms with Gasteiger partial charge in [-0.15, -0.1) is 0 Å². The van der Waals surface area contributed by atoms with Gasteiger partial charge in [0, 0.05) is 12.2 Å². The topological polar surface area (TPSA) is 94.2 Å². The molecule has 0 radical (unpaired) electrons. The van der Waals surface area contributed by atoms with E-state index in [0.717, 1.165) is 5.69 Å². The summed E-state index contributed by atoms with van der Waals surface area (Å²) in [7, 11) is 0. The Morgan fingerprint density at radius 2 is 1.35 bits per heavy atom. The molecule has 0 aliphatic carbocycles. The second-order valence-electron chi connectivity index (χ2n) is 9.81. The molecule has 0 aliphatic heterocycles. The Kier molecular flexibility index (Phi) is 10.7. The van der Waals surface area contributed by atoms with E-state index in [1.165, 1.54) is 6.08 Å². The molecule has 0 heterocycles. The van der Waals surface area contributed by atoms with Gasteiger partial charge >= 0.3 is 11.9 Å². The first-order chi connectivity index (χ1) is 20.9. The second kappa shape index (κ2) is 15.0. The van der Waals surface area contributed by atoms with E-state index < -0.39 is 17.9 Å². The molecule has 4 aromatic carbocycles. The average Bonchev–Trinajstić information content (AvgIpc) is 3.04. The Balaban J connectivity index is 1.36. The molecular weight excluding hydrogens is 544 g/mol. The molecule has 0 saturated heterocycles. The van der Waals surface area contributed by atoms with Gasteiger partial charge in [-0.05, 0) is 61.5 Å². The van der Waals surface area contributed by atoms with E-state index in [-0.39, 0.29) is 30.9 Å². The molecule has 2 atom stereocenters. The minimum atomic E-state index is -0.552. The van der Waals surface area contributed by atoms with Crippen LogP contribution in [0.4, 0.5) is 11.4 Å². The maximum Gasteiger partial charge on any atom is 0.343 e. The molecule has 1 N–H and O–H groups in total. The van der Waals surface area contributed by atoms with Crippen LogP contribution >= 0.6 is 0 Å². The van der Waals surface area contributed by atoms with Crippen molar-refractivity contribution in [3.63, 3.8) is 0 Å². The molecule has 1 amide bonds. The summed E-state index contributed by atoms with van der Waals surface area (Å²) in [5, 5.41) is 3.18. The van der Waals surface area contributed by atoms with Crippen molar-refractivity contribution in [2.75, 3.05) is 23.4 Å². The fraction of sp³-hybridized carbons (Fsp3) is 0.171. The fourth-order valence-electron chi connectivity index (χ4n) is 4.21. The van der Waals surface area contributed by atoms with Crippen molar-refractivity contribution >= 4 is 29.2 Å². The molecule has 4 rings (SSSR count). The second-order valence-corrected chi connectivity index (χ2v) is 9.81. The number of carbonyl (C=O) groups is 3. The van der Waals surface area contributed by atoms with E-state index in [9.17, 15) is 14.4 Å². The first-order valence-corrected chi connectivity index (χ1v) is 13.9. The number of benzene rings is 4. The number of hydrogen-bond donors (Lipinski definition) is 1. The van der Waals surface area contributed by atoms with Gasteiger partial charge in [0.05, 0.1) is 23.2 Å². The maximum absolute atomic E-state index is 13.0. The van der Waals surface area contributed by atoms with Gasteiger partial charge in [-0.1, -0.05) is 74.2 Å². The zero-order chi connectivity index (χ0) is 30.6. The summed E-state index contributed by atoms with van der Waals surface area (Å²) < 4.78 is 17.3. The molecule has 2 unspecified atom stereocenters. The summed E-state index contributed by atoms with van der Waals surface area (Å²) in [4.78, 5) is 39.8. The number of carbonyl (C=O) groups excluding carboxylic acids is 3. The predicted octanol–water partition coefficient (Wildman–Crippen LogP) is 6.55. The SMILES string of the molecule is C=CC(=O)N(c1ccccc1)C(C)COc1ccccc1OC(=O)C(C)CNc1ccccc1OC(=O)c1ccccc1. The largest absolute Gasteiger partial charge is 0.488 e. The van der Waals surface area contributed by atoms with Crippen LogP contribution in [-0.4, -0.2) is 37.0 Å². The normalized spacial score (nSPS) is 11.9. The summed E-state index contributed by atoms with van der Waals surface area (Å²) >= 11 is 0. The van der Waals surface area contributed by atoms with E-state index in [4.69, 9.17) is 14.2 Å². The first kappa shape index (κ1) is 30.6. The van der Waals surface area contributed by atoms with Gasteiger partial charge in [-0.3, -0.25) is 9.59 Å². The molecule has 0 bridgehead atoms. The Bertz CT molecular complexity index is 1540. The van der Waals surface area contributed by atoms with Crippen molar-refractivity contribution in [2.45, 2.75) is 19.9 Å². The quantitative estimate of drug-likeness (QED) is 0.109. The number of anilines is 2. The van der Waals surface area contributed by atoms with Gasteiger partial charge in [0.25, 0.3) is 5.91 Å². The number of amides is 1. The lowest BCUT2D eigenvalue weighted by Crippen LogP contribution is -2.41. The summed E-state index contributed by atoms with van der Waals surface area (Å²) in [6.07, 6.45) is 1.26. The summed E-state index contributed by atoms with van der Waals surface area (Å²) in [5.41, 5.74) is 1.73. The zero-order valence-corrected chi connectivity index (χ0v) is 24.1. The fourth-order valence-corrected chi connectivity index (χ4v) is 4.21. The van der Waals surface area contributed by atoms with Crippen LogP contribution in [0.25, 0.3) is 0 Å². The highest BCUT2D eigenvalue weighted by atomic mass is 16.6. The van der Waals surface area contributed by atoms with Crippen molar-refractivity contribution < 1.29 is 28.6 Å². The average molecular weight is 579 g/mol. The van der Waals surface area contributed by atoms with Gasteiger partial charge in [-0.2, -0.15) is 0 Å². The molecule has 0 fully saturated rings. The number of hydrogen-bond acceptors (Lipinski definition) is 7. The van der Waals surface area contributed by atoms with Crippen molar-refractivity contribution in [3.8, 4) is 17.2 Å². The van der Waals surface area contributed by atoms with Crippen LogP contribution in [0.3, 0.4) is 0 Å². The minimum Gasteiger partial charge on any atom is -0.488 e. The van der Waals surface area contributed by atoms with E-state index in [1.807, 2.05) is 43.3 Å². The molecular formula is C35H34N2O6. The molecule has 43 heavy (non-hydrogen) atoms. The van der Waals surface area contributed by atoms with Crippen LogP contribution in [0.2, 0.25) is 0 Å². The van der Waals surface area contributed by atoms with Crippen LogP contribution in [-0.2, 0) is 9.59 Å². The van der Waals surface area contributed by atoms with Crippen LogP contribution in [0.5, 0.6) is 17.2 Å². The smallest absolute Gasteiger partial charge is 0.343 e. The highest BCUT2D eigenvalue weighted by Gasteiger charge is 2.22. The summed E-state index contributed by atoms with van der Waals surface area (Å²) in [6.45, 7) is 7.60. The standard InChI is InChI=1S/C35H34N2O6/c1-4-33(38)37(28-17-9-6-10-18-28)26(3)24-41-31-21-13-14-22-32(31)43-34(39)25(2)23-36-29-19-11-12-20-30(29)42-35(40)27-15-7-5-8-16-27/h4-22,25-26,36H,1,23-24H2,2-3H3. The van der Waals surface area contributed by atoms with E-state index in [2.05, 4.69) is 11.9 Å². The third kappa shape index (κ3) is 8.33. The Morgan fingerprint density at radius 3 is 2.02 bits per heavy atom. The van der Waals surface area contributed by atoms with Crippen LogP contribution < -0.4 is 24.4 Å². The summed E-state index contributed by atoms with van der Waals surface area (Å²) in [5.74, 6) is -0.755. The van der Waals surface area contributed by atoms with Crippen molar-refractivity contribution in [1.29, 1.82) is 0 Å². The lowest BCUT2D eigenvalue weighted by atomic mass is 10.1. The maximum atomic E-state index is 13.0. The molecule has 8 nitrogen and oxygen atoms in total. The molecule has 4 aromatic rings. The van der Waals surface area contributed by atoms with Crippen LogP contribution in [0.1, 0.15) is 24.2 Å². The molecule has 0 aromatic heterocycles. The lowest BCUT2D eigenvalue weighted by Gasteiger charge is -2.28. The van der Waals surface area contributed by atoms with Gasteiger partial charge in [0.1, 0.15) is 6.61 Å². The number of para-hydroxylation sites is 5. The lowest BCUT2D eigenvalue weighted by molar-refractivity contribution is -0.138. The number of nitrogens with zero attached hydrogens (tertiary/aromatic N) is 1. The Labute approximate surface area is 251 Å². The van der Waals surface area contributed by atoms with Crippen molar-refractivity contribution in [2.24, 2.45) is 5.92 Å². The minimum absolute atomic E-state index is 0.151. The van der Waals surface area contributed by atoms with Gasteiger partial charge in [0.2, 0.25) is 0 Å². The zero-order valence-electron chi connectivity index (χ0n) is 24.1. The Hall–Kier alpha value is -5.37. The monoisotopic (exact) mass is 578 g/mol. The molecule has 0 saturated carbocycles. The van der Waals surface area contributed by atoms with Gasteiger partial charge in [0.15, 0.2) is 17.2 Å². The third-order valence-electron chi connectivity index (χ3n) is 6.53. The number of esters is 2. The molecule has 0 aliphatic rings. The number of rotatable bonds is 13.